The number of rotatable bonds is 7. The Labute approximate surface area is 233 Å². The monoisotopic (exact) mass is 548 g/mol. The quantitative estimate of drug-likeness (QED) is 0.286. The average Bonchev–Trinajstić information content (AvgIpc) is 2.85. The topological polar surface area (TPSA) is 121 Å². The van der Waals surface area contributed by atoms with Gasteiger partial charge in [-0.15, -0.1) is 0 Å². The van der Waals surface area contributed by atoms with Crippen LogP contribution in [0.25, 0.3) is 0 Å². The summed E-state index contributed by atoms with van der Waals surface area (Å²) in [6.07, 6.45) is 3.08. The van der Waals surface area contributed by atoms with E-state index < -0.39 is 11.7 Å². The molecule has 2 aromatic carbocycles. The first-order valence-electron chi connectivity index (χ1n) is 13.0. The van der Waals surface area contributed by atoms with E-state index in [2.05, 4.69) is 32.0 Å². The molecule has 1 fully saturated rings. The van der Waals surface area contributed by atoms with Gasteiger partial charge in [-0.2, -0.15) is 15.2 Å². The minimum atomic E-state index is -0.598. The van der Waals surface area contributed by atoms with Gasteiger partial charge in [0.1, 0.15) is 17.4 Å². The number of nitrogens with zero attached hydrogens (tertiary/aromatic N) is 3. The predicted octanol–water partition coefficient (Wildman–Crippen LogP) is 7.09. The lowest BCUT2D eigenvalue weighted by atomic mass is 9.90. The van der Waals surface area contributed by atoms with Crippen LogP contribution in [0.15, 0.2) is 48.5 Å². The van der Waals surface area contributed by atoms with Crippen molar-refractivity contribution in [3.05, 3.63) is 64.7 Å². The van der Waals surface area contributed by atoms with Gasteiger partial charge in [0.05, 0.1) is 11.1 Å². The molecule has 4 rings (SSSR count). The highest BCUT2D eigenvalue weighted by molar-refractivity contribution is 6.32. The van der Waals surface area contributed by atoms with Gasteiger partial charge >= 0.3 is 6.09 Å². The number of hydrogen-bond acceptors (Lipinski definition) is 8. The van der Waals surface area contributed by atoms with Gasteiger partial charge in [0.25, 0.3) is 0 Å². The van der Waals surface area contributed by atoms with E-state index in [1.54, 1.807) is 24.3 Å². The standard InChI is InChI=1S/C29H33ClN6O3/c1-18-10-9-11-19(16-18)32-25-20(17-31)26(38-24-15-8-5-12-21(24)30)36-27(35-25)33-22-13-6-7-14-23(22)34-28(37)39-29(2,3)4/h5,8-12,15-16,22-23H,6-7,13-14H2,1-4H3,(H,34,37)(H2,32,33,35,36). The molecule has 1 saturated carbocycles. The number of para-hydroxylation sites is 1. The van der Waals surface area contributed by atoms with Gasteiger partial charge < -0.3 is 25.4 Å². The fraction of sp³-hybridized carbons (Fsp3) is 0.379. The Morgan fingerprint density at radius 2 is 1.82 bits per heavy atom. The Hall–Kier alpha value is -4.03. The summed E-state index contributed by atoms with van der Waals surface area (Å²) < 4.78 is 11.5. The molecule has 1 aliphatic rings. The lowest BCUT2D eigenvalue weighted by Crippen LogP contribution is -2.50. The first-order chi connectivity index (χ1) is 18.6. The van der Waals surface area contributed by atoms with E-state index in [4.69, 9.17) is 21.1 Å². The summed E-state index contributed by atoms with van der Waals surface area (Å²) in [6.45, 7) is 7.47. The lowest BCUT2D eigenvalue weighted by Gasteiger charge is -2.33. The largest absolute Gasteiger partial charge is 0.444 e. The maximum absolute atomic E-state index is 12.5. The third-order valence-electron chi connectivity index (χ3n) is 6.09. The molecule has 10 heteroatoms. The van der Waals surface area contributed by atoms with Crippen LogP contribution in [0.4, 0.5) is 22.2 Å². The van der Waals surface area contributed by atoms with Crippen molar-refractivity contribution in [2.24, 2.45) is 0 Å². The average molecular weight is 549 g/mol. The van der Waals surface area contributed by atoms with Crippen molar-refractivity contribution in [2.75, 3.05) is 10.6 Å². The molecule has 2 unspecified atom stereocenters. The number of carbonyl (C=O) groups excluding carboxylic acids is 1. The zero-order valence-corrected chi connectivity index (χ0v) is 23.3. The predicted molar refractivity (Wildman–Crippen MR) is 152 cm³/mol. The fourth-order valence-electron chi connectivity index (χ4n) is 4.36. The van der Waals surface area contributed by atoms with Crippen molar-refractivity contribution in [1.29, 1.82) is 5.26 Å². The molecule has 0 saturated heterocycles. The van der Waals surface area contributed by atoms with Gasteiger partial charge in [-0.05, 0) is 70.4 Å². The molecule has 9 nitrogen and oxygen atoms in total. The number of nitrogens with one attached hydrogen (secondary N) is 3. The summed E-state index contributed by atoms with van der Waals surface area (Å²) in [4.78, 5) is 21.7. The molecule has 39 heavy (non-hydrogen) atoms. The minimum Gasteiger partial charge on any atom is -0.444 e. The second-order valence-electron chi connectivity index (χ2n) is 10.5. The maximum Gasteiger partial charge on any atom is 0.407 e. The van der Waals surface area contributed by atoms with Gasteiger partial charge in [0.15, 0.2) is 11.4 Å². The third kappa shape index (κ3) is 7.74. The third-order valence-corrected chi connectivity index (χ3v) is 6.41. The summed E-state index contributed by atoms with van der Waals surface area (Å²) in [5.41, 5.74) is 1.35. The van der Waals surface area contributed by atoms with Crippen LogP contribution in [0.5, 0.6) is 11.6 Å². The number of amides is 1. The van der Waals surface area contributed by atoms with E-state index in [9.17, 15) is 10.1 Å². The van der Waals surface area contributed by atoms with E-state index in [0.717, 1.165) is 36.9 Å². The maximum atomic E-state index is 12.5. The molecule has 204 valence electrons. The highest BCUT2D eigenvalue weighted by atomic mass is 35.5. The number of hydrogen-bond donors (Lipinski definition) is 3. The molecule has 0 radical (unpaired) electrons. The van der Waals surface area contributed by atoms with E-state index in [0.29, 0.717) is 10.8 Å². The molecule has 0 bridgehead atoms. The van der Waals surface area contributed by atoms with Gasteiger partial charge in [-0.3, -0.25) is 0 Å². The first-order valence-corrected chi connectivity index (χ1v) is 13.3. The zero-order valence-electron chi connectivity index (χ0n) is 22.5. The minimum absolute atomic E-state index is 0.0608. The first kappa shape index (κ1) is 28.0. The number of ether oxygens (including phenoxy) is 2. The van der Waals surface area contributed by atoms with Crippen molar-refractivity contribution in [2.45, 2.75) is 71.1 Å². The summed E-state index contributed by atoms with van der Waals surface area (Å²) >= 11 is 6.33. The molecule has 1 amide bonds. The number of anilines is 3. The Morgan fingerprint density at radius 3 is 2.51 bits per heavy atom. The second-order valence-corrected chi connectivity index (χ2v) is 10.9. The van der Waals surface area contributed by atoms with Crippen molar-refractivity contribution in [3.8, 4) is 17.7 Å². The van der Waals surface area contributed by atoms with Crippen LogP contribution in [0.2, 0.25) is 5.02 Å². The van der Waals surface area contributed by atoms with Crippen molar-refractivity contribution < 1.29 is 14.3 Å². The molecule has 0 aliphatic heterocycles. The highest BCUT2D eigenvalue weighted by Crippen LogP contribution is 2.34. The molecule has 0 spiro atoms. The van der Waals surface area contributed by atoms with Crippen molar-refractivity contribution in [3.63, 3.8) is 0 Å². The summed E-state index contributed by atoms with van der Waals surface area (Å²) in [6, 6.07) is 16.5. The number of alkyl carbamates (subject to hydrolysis) is 1. The van der Waals surface area contributed by atoms with Crippen LogP contribution in [-0.4, -0.2) is 33.7 Å². The molecule has 1 aliphatic carbocycles. The molecule has 3 N–H and O–H groups in total. The Kier molecular flexibility index (Phi) is 8.77. The van der Waals surface area contributed by atoms with Crippen molar-refractivity contribution >= 4 is 35.1 Å². The van der Waals surface area contributed by atoms with Crippen LogP contribution < -0.4 is 20.7 Å². The summed E-state index contributed by atoms with van der Waals surface area (Å²) in [5.74, 6) is 0.971. The van der Waals surface area contributed by atoms with Crippen LogP contribution >= 0.6 is 11.6 Å². The van der Waals surface area contributed by atoms with Gasteiger partial charge in [-0.1, -0.05) is 48.7 Å². The number of aromatic nitrogens is 2. The van der Waals surface area contributed by atoms with E-state index in [1.807, 2.05) is 52.0 Å². The lowest BCUT2D eigenvalue weighted by molar-refractivity contribution is 0.0488. The Balaban J connectivity index is 1.67. The highest BCUT2D eigenvalue weighted by Gasteiger charge is 2.30. The Morgan fingerprint density at radius 1 is 1.08 bits per heavy atom. The molecular weight excluding hydrogens is 516 g/mol. The van der Waals surface area contributed by atoms with E-state index in [1.165, 1.54) is 0 Å². The van der Waals surface area contributed by atoms with Crippen molar-refractivity contribution in [1.82, 2.24) is 15.3 Å². The number of halogens is 1. The molecule has 1 heterocycles. The molecule has 1 aromatic heterocycles. The smallest absolute Gasteiger partial charge is 0.407 e. The molecule has 2 atom stereocenters. The number of benzene rings is 2. The van der Waals surface area contributed by atoms with Gasteiger partial charge in [0, 0.05) is 11.7 Å². The number of aryl methyl sites for hydroxylation is 1. The van der Waals surface area contributed by atoms with Crippen LogP contribution in [0.1, 0.15) is 57.6 Å². The SMILES string of the molecule is Cc1cccc(Nc2nc(NC3CCCCC3NC(=O)OC(C)(C)C)nc(Oc3ccccc3Cl)c2C#N)c1. The summed E-state index contributed by atoms with van der Waals surface area (Å²) in [7, 11) is 0. The van der Waals surface area contributed by atoms with E-state index >= 15 is 0 Å². The van der Waals surface area contributed by atoms with Gasteiger partial charge in [0.2, 0.25) is 11.8 Å². The Bertz CT molecular complexity index is 1370. The zero-order chi connectivity index (χ0) is 28.0. The van der Waals surface area contributed by atoms with Crippen LogP contribution in [-0.2, 0) is 4.74 Å². The number of carbonyl (C=O) groups is 1. The van der Waals surface area contributed by atoms with Crippen LogP contribution in [0.3, 0.4) is 0 Å². The second kappa shape index (κ2) is 12.2. The fourth-order valence-corrected chi connectivity index (χ4v) is 4.54. The number of nitriles is 1. The summed E-state index contributed by atoms with van der Waals surface area (Å²) in [5, 5.41) is 20.1. The molecule has 3 aromatic rings. The van der Waals surface area contributed by atoms with E-state index in [-0.39, 0.29) is 35.3 Å². The van der Waals surface area contributed by atoms with Gasteiger partial charge in [-0.25, -0.2) is 4.79 Å². The molecular formula is C29H33ClN6O3. The normalized spacial score (nSPS) is 17.0. The van der Waals surface area contributed by atoms with Crippen LogP contribution in [0, 0.1) is 18.3 Å².